The van der Waals surface area contributed by atoms with Gasteiger partial charge in [0.2, 0.25) is 0 Å². The fourth-order valence-electron chi connectivity index (χ4n) is 2.00. The number of hydrogen-bond donors (Lipinski definition) is 1. The van der Waals surface area contributed by atoms with Crippen LogP contribution in [0.4, 0.5) is 0 Å². The van der Waals surface area contributed by atoms with Crippen molar-refractivity contribution in [3.63, 3.8) is 0 Å². The van der Waals surface area contributed by atoms with E-state index in [4.69, 9.17) is 9.47 Å². The molecular weight excluding hydrogens is 230 g/mol. The Morgan fingerprint density at radius 3 is 2.78 bits per heavy atom. The van der Waals surface area contributed by atoms with Gasteiger partial charge in [-0.3, -0.25) is 0 Å². The zero-order valence-electron chi connectivity index (χ0n) is 11.0. The van der Waals surface area contributed by atoms with E-state index in [0.29, 0.717) is 6.61 Å². The first-order valence-corrected chi connectivity index (χ1v) is 6.36. The number of morpholine rings is 1. The maximum absolute atomic E-state index is 9.41. The highest BCUT2D eigenvalue weighted by Gasteiger charge is 2.18. The summed E-state index contributed by atoms with van der Waals surface area (Å²) in [5.74, 6) is 0.816. The maximum Gasteiger partial charge on any atom is 0.119 e. The van der Waals surface area contributed by atoms with Crippen molar-refractivity contribution in [1.82, 2.24) is 4.90 Å². The van der Waals surface area contributed by atoms with Gasteiger partial charge in [-0.1, -0.05) is 12.1 Å². The second-order valence-electron chi connectivity index (χ2n) is 4.81. The SMILES string of the molecule is C[C@@H](O)c1ccc(OCC2CN(C)CCO2)cc1. The Morgan fingerprint density at radius 2 is 2.17 bits per heavy atom. The van der Waals surface area contributed by atoms with Gasteiger partial charge in [0.1, 0.15) is 18.5 Å². The van der Waals surface area contributed by atoms with Crippen LogP contribution in [0.2, 0.25) is 0 Å². The van der Waals surface area contributed by atoms with Crippen molar-refractivity contribution in [3.05, 3.63) is 29.8 Å². The number of likely N-dealkylation sites (N-methyl/N-ethyl adjacent to an activating group) is 1. The Bertz CT molecular complexity index is 364. The summed E-state index contributed by atoms with van der Waals surface area (Å²) in [7, 11) is 2.09. The Kier molecular flexibility index (Phi) is 4.58. The third kappa shape index (κ3) is 3.70. The van der Waals surface area contributed by atoms with Crippen molar-refractivity contribution in [1.29, 1.82) is 0 Å². The monoisotopic (exact) mass is 251 g/mol. The number of nitrogens with zero attached hydrogens (tertiary/aromatic N) is 1. The standard InChI is InChI=1S/C14H21NO3/c1-11(16)12-3-5-13(6-4-12)18-10-14-9-15(2)7-8-17-14/h3-6,11,14,16H,7-10H2,1-2H3/t11-,14?/m1/s1. The highest BCUT2D eigenvalue weighted by molar-refractivity contribution is 5.28. The van der Waals surface area contributed by atoms with Crippen LogP contribution in [0.1, 0.15) is 18.6 Å². The smallest absolute Gasteiger partial charge is 0.119 e. The van der Waals surface area contributed by atoms with E-state index in [-0.39, 0.29) is 6.10 Å². The lowest BCUT2D eigenvalue weighted by atomic mass is 10.1. The lowest BCUT2D eigenvalue weighted by Crippen LogP contribution is -2.42. The summed E-state index contributed by atoms with van der Waals surface area (Å²) in [6.45, 7) is 4.98. The van der Waals surface area contributed by atoms with E-state index in [1.54, 1.807) is 6.92 Å². The van der Waals surface area contributed by atoms with Crippen LogP contribution in [0.3, 0.4) is 0 Å². The minimum atomic E-state index is -0.436. The van der Waals surface area contributed by atoms with Crippen LogP contribution in [0, 0.1) is 0 Å². The third-order valence-electron chi connectivity index (χ3n) is 3.14. The van der Waals surface area contributed by atoms with Crippen molar-refractivity contribution in [3.8, 4) is 5.75 Å². The molecule has 1 aromatic carbocycles. The molecule has 4 nitrogen and oxygen atoms in total. The Balaban J connectivity index is 1.82. The van der Waals surface area contributed by atoms with E-state index in [9.17, 15) is 5.11 Å². The number of ether oxygens (including phenoxy) is 2. The lowest BCUT2D eigenvalue weighted by molar-refractivity contribution is -0.0403. The maximum atomic E-state index is 9.41. The Hall–Kier alpha value is -1.10. The summed E-state index contributed by atoms with van der Waals surface area (Å²) < 4.78 is 11.3. The van der Waals surface area contributed by atoms with Crippen molar-refractivity contribution in [2.75, 3.05) is 33.4 Å². The molecule has 0 aliphatic carbocycles. The predicted molar refractivity (Wildman–Crippen MR) is 69.8 cm³/mol. The van der Waals surface area contributed by atoms with Gasteiger partial charge in [0.05, 0.1) is 12.7 Å². The minimum absolute atomic E-state index is 0.139. The number of aliphatic hydroxyl groups is 1. The molecule has 1 saturated heterocycles. The molecule has 0 bridgehead atoms. The number of hydrogen-bond acceptors (Lipinski definition) is 4. The molecule has 1 fully saturated rings. The van der Waals surface area contributed by atoms with E-state index in [1.165, 1.54) is 0 Å². The second-order valence-corrected chi connectivity index (χ2v) is 4.81. The van der Waals surface area contributed by atoms with Crippen LogP contribution in [-0.2, 0) is 4.74 Å². The average molecular weight is 251 g/mol. The van der Waals surface area contributed by atoms with Crippen LogP contribution in [-0.4, -0.2) is 49.5 Å². The molecule has 0 aromatic heterocycles. The Labute approximate surface area is 108 Å². The molecule has 1 aliphatic heterocycles. The molecule has 100 valence electrons. The van der Waals surface area contributed by atoms with Crippen LogP contribution >= 0.6 is 0 Å². The summed E-state index contributed by atoms with van der Waals surface area (Å²) >= 11 is 0. The van der Waals surface area contributed by atoms with Crippen molar-refractivity contribution < 1.29 is 14.6 Å². The highest BCUT2D eigenvalue weighted by atomic mass is 16.5. The van der Waals surface area contributed by atoms with E-state index >= 15 is 0 Å². The van der Waals surface area contributed by atoms with E-state index in [1.807, 2.05) is 24.3 Å². The summed E-state index contributed by atoms with van der Waals surface area (Å²) in [6.07, 6.45) is -0.297. The fraction of sp³-hybridized carbons (Fsp3) is 0.571. The largest absolute Gasteiger partial charge is 0.491 e. The summed E-state index contributed by atoms with van der Waals surface area (Å²) in [4.78, 5) is 2.24. The van der Waals surface area contributed by atoms with E-state index < -0.39 is 6.10 Å². The summed E-state index contributed by atoms with van der Waals surface area (Å²) in [5.41, 5.74) is 0.899. The average Bonchev–Trinajstić information content (AvgIpc) is 2.37. The van der Waals surface area contributed by atoms with Gasteiger partial charge in [-0.15, -0.1) is 0 Å². The normalized spacial score (nSPS) is 22.7. The molecule has 0 radical (unpaired) electrons. The number of aliphatic hydroxyl groups excluding tert-OH is 1. The Morgan fingerprint density at radius 1 is 1.44 bits per heavy atom. The fourth-order valence-corrected chi connectivity index (χ4v) is 2.00. The summed E-state index contributed by atoms with van der Waals surface area (Å²) in [5, 5.41) is 9.41. The van der Waals surface area contributed by atoms with E-state index in [0.717, 1.165) is 31.0 Å². The van der Waals surface area contributed by atoms with Crippen LogP contribution in [0.15, 0.2) is 24.3 Å². The zero-order valence-corrected chi connectivity index (χ0v) is 11.0. The molecule has 0 amide bonds. The highest BCUT2D eigenvalue weighted by Crippen LogP contribution is 2.17. The molecule has 1 heterocycles. The molecule has 0 spiro atoms. The van der Waals surface area contributed by atoms with Gasteiger partial charge in [0, 0.05) is 13.1 Å². The van der Waals surface area contributed by atoms with Crippen molar-refractivity contribution in [2.24, 2.45) is 0 Å². The molecule has 0 saturated carbocycles. The van der Waals surface area contributed by atoms with Gasteiger partial charge < -0.3 is 19.5 Å². The van der Waals surface area contributed by atoms with Gasteiger partial charge in [0.25, 0.3) is 0 Å². The van der Waals surface area contributed by atoms with Gasteiger partial charge in [-0.2, -0.15) is 0 Å². The second kappa shape index (κ2) is 6.18. The van der Waals surface area contributed by atoms with Crippen molar-refractivity contribution in [2.45, 2.75) is 19.1 Å². The zero-order chi connectivity index (χ0) is 13.0. The third-order valence-corrected chi connectivity index (χ3v) is 3.14. The van der Waals surface area contributed by atoms with Crippen molar-refractivity contribution >= 4 is 0 Å². The van der Waals surface area contributed by atoms with Gasteiger partial charge in [-0.05, 0) is 31.7 Å². The first kappa shape index (κ1) is 13.3. The quantitative estimate of drug-likeness (QED) is 0.879. The molecule has 2 atom stereocenters. The molecule has 4 heteroatoms. The molecule has 1 unspecified atom stereocenters. The first-order chi connectivity index (χ1) is 8.65. The van der Waals surface area contributed by atoms with Gasteiger partial charge in [-0.25, -0.2) is 0 Å². The van der Waals surface area contributed by atoms with Crippen LogP contribution in [0.5, 0.6) is 5.75 Å². The minimum Gasteiger partial charge on any atom is -0.491 e. The van der Waals surface area contributed by atoms with Crippen LogP contribution in [0.25, 0.3) is 0 Å². The van der Waals surface area contributed by atoms with Crippen LogP contribution < -0.4 is 4.74 Å². The van der Waals surface area contributed by atoms with Gasteiger partial charge in [0.15, 0.2) is 0 Å². The molecular formula is C14H21NO3. The first-order valence-electron chi connectivity index (χ1n) is 6.36. The number of benzene rings is 1. The van der Waals surface area contributed by atoms with Gasteiger partial charge >= 0.3 is 0 Å². The summed E-state index contributed by atoms with van der Waals surface area (Å²) in [6, 6.07) is 7.53. The topological polar surface area (TPSA) is 41.9 Å². The number of rotatable bonds is 4. The van der Waals surface area contributed by atoms with E-state index in [2.05, 4.69) is 11.9 Å². The molecule has 1 N–H and O–H groups in total. The molecule has 2 rings (SSSR count). The lowest BCUT2D eigenvalue weighted by Gasteiger charge is -2.29. The predicted octanol–water partition coefficient (Wildman–Crippen LogP) is 1.45. The molecule has 1 aromatic rings. The molecule has 18 heavy (non-hydrogen) atoms. The molecule has 1 aliphatic rings.